The Bertz CT molecular complexity index is 483. The van der Waals surface area contributed by atoms with Crippen molar-refractivity contribution < 1.29 is 4.74 Å². The third-order valence-electron chi connectivity index (χ3n) is 2.39. The highest BCUT2D eigenvalue weighted by atomic mass is 35.5. The smallest absolute Gasteiger partial charge is 0.131 e. The van der Waals surface area contributed by atoms with Gasteiger partial charge in [0, 0.05) is 11.4 Å². The average molecular weight is 267 g/mol. The van der Waals surface area contributed by atoms with E-state index in [9.17, 15) is 0 Å². The maximum absolute atomic E-state index is 5.90. The van der Waals surface area contributed by atoms with Crippen LogP contribution in [0.5, 0.6) is 11.5 Å². The zero-order valence-electron chi connectivity index (χ0n) is 9.20. The molecular formula is C14H12Cl2O. The highest BCUT2D eigenvalue weighted by molar-refractivity contribution is 6.17. The first-order valence-electron chi connectivity index (χ1n) is 5.30. The lowest BCUT2D eigenvalue weighted by Gasteiger charge is -2.10. The number of ether oxygens (including phenoxy) is 1. The highest BCUT2D eigenvalue weighted by Crippen LogP contribution is 2.27. The molecular weight excluding hydrogens is 255 g/mol. The molecule has 0 aliphatic heterocycles. The maximum Gasteiger partial charge on any atom is 0.131 e. The van der Waals surface area contributed by atoms with Crippen LogP contribution in [-0.4, -0.2) is 0 Å². The summed E-state index contributed by atoms with van der Waals surface area (Å²) in [6.07, 6.45) is 0. The van der Waals surface area contributed by atoms with Crippen molar-refractivity contribution in [2.45, 2.75) is 11.8 Å². The van der Waals surface area contributed by atoms with E-state index in [0.29, 0.717) is 11.8 Å². The second-order valence-corrected chi connectivity index (χ2v) is 4.16. The van der Waals surface area contributed by atoms with Crippen LogP contribution in [0.15, 0.2) is 48.5 Å². The Kier molecular flexibility index (Phi) is 4.29. The molecule has 0 heterocycles. The van der Waals surface area contributed by atoms with Gasteiger partial charge in [0.15, 0.2) is 0 Å². The SMILES string of the molecule is ClCc1ccc(Oc2ccccc2)c(CCl)c1. The first kappa shape index (κ1) is 12.3. The first-order valence-corrected chi connectivity index (χ1v) is 6.37. The summed E-state index contributed by atoms with van der Waals surface area (Å²) < 4.78 is 5.77. The van der Waals surface area contributed by atoms with Crippen molar-refractivity contribution in [3.8, 4) is 11.5 Å². The predicted octanol–water partition coefficient (Wildman–Crippen LogP) is 4.96. The first-order chi connectivity index (χ1) is 8.33. The number of alkyl halides is 2. The van der Waals surface area contributed by atoms with E-state index in [1.807, 2.05) is 48.5 Å². The van der Waals surface area contributed by atoms with Gasteiger partial charge in [-0.3, -0.25) is 0 Å². The zero-order chi connectivity index (χ0) is 12.1. The van der Waals surface area contributed by atoms with E-state index in [1.54, 1.807) is 0 Å². The summed E-state index contributed by atoms with van der Waals surface area (Å²) in [7, 11) is 0. The molecule has 0 aliphatic rings. The Hall–Kier alpha value is -1.18. The van der Waals surface area contributed by atoms with Crippen LogP contribution < -0.4 is 4.74 Å². The minimum atomic E-state index is 0.410. The quantitative estimate of drug-likeness (QED) is 0.711. The molecule has 0 saturated carbocycles. The van der Waals surface area contributed by atoms with Crippen LogP contribution in [0.1, 0.15) is 11.1 Å². The second-order valence-electron chi connectivity index (χ2n) is 3.62. The van der Waals surface area contributed by atoms with Crippen LogP contribution in [0.2, 0.25) is 0 Å². The fourth-order valence-corrected chi connectivity index (χ4v) is 1.91. The molecule has 0 fully saturated rings. The van der Waals surface area contributed by atoms with Crippen molar-refractivity contribution in [1.29, 1.82) is 0 Å². The van der Waals surface area contributed by atoms with E-state index in [0.717, 1.165) is 22.6 Å². The Morgan fingerprint density at radius 1 is 0.882 bits per heavy atom. The van der Waals surface area contributed by atoms with E-state index in [-0.39, 0.29) is 0 Å². The van der Waals surface area contributed by atoms with Gasteiger partial charge in [-0.05, 0) is 29.8 Å². The van der Waals surface area contributed by atoms with E-state index in [2.05, 4.69) is 0 Å². The van der Waals surface area contributed by atoms with Crippen molar-refractivity contribution in [2.24, 2.45) is 0 Å². The number of benzene rings is 2. The summed E-state index contributed by atoms with van der Waals surface area (Å²) in [6, 6.07) is 15.5. The fourth-order valence-electron chi connectivity index (χ4n) is 1.54. The molecule has 0 N–H and O–H groups in total. The molecule has 17 heavy (non-hydrogen) atoms. The van der Waals surface area contributed by atoms with Gasteiger partial charge in [-0.25, -0.2) is 0 Å². The number of hydrogen-bond donors (Lipinski definition) is 0. The molecule has 0 radical (unpaired) electrons. The minimum Gasteiger partial charge on any atom is -0.457 e. The van der Waals surface area contributed by atoms with Crippen molar-refractivity contribution >= 4 is 23.2 Å². The molecule has 0 spiro atoms. The van der Waals surface area contributed by atoms with Gasteiger partial charge < -0.3 is 4.74 Å². The van der Waals surface area contributed by atoms with Crippen LogP contribution in [-0.2, 0) is 11.8 Å². The molecule has 0 saturated heterocycles. The molecule has 0 aromatic heterocycles. The molecule has 0 amide bonds. The molecule has 2 rings (SSSR count). The van der Waals surface area contributed by atoms with Gasteiger partial charge in [0.1, 0.15) is 11.5 Å². The van der Waals surface area contributed by atoms with Crippen LogP contribution in [0.3, 0.4) is 0 Å². The van der Waals surface area contributed by atoms with Gasteiger partial charge >= 0.3 is 0 Å². The van der Waals surface area contributed by atoms with Crippen molar-refractivity contribution in [2.75, 3.05) is 0 Å². The Morgan fingerprint density at radius 3 is 2.29 bits per heavy atom. The van der Waals surface area contributed by atoms with Crippen molar-refractivity contribution in [3.63, 3.8) is 0 Å². The predicted molar refractivity (Wildman–Crippen MR) is 72.1 cm³/mol. The Morgan fingerprint density at radius 2 is 1.65 bits per heavy atom. The molecule has 2 aromatic carbocycles. The lowest BCUT2D eigenvalue weighted by molar-refractivity contribution is 0.478. The third kappa shape index (κ3) is 3.15. The lowest BCUT2D eigenvalue weighted by Crippen LogP contribution is -1.91. The van der Waals surface area contributed by atoms with Gasteiger partial charge in [-0.1, -0.05) is 24.3 Å². The Labute approximate surface area is 111 Å². The molecule has 0 aliphatic carbocycles. The second kappa shape index (κ2) is 5.95. The van der Waals surface area contributed by atoms with Crippen molar-refractivity contribution in [1.82, 2.24) is 0 Å². The number of halogens is 2. The molecule has 0 bridgehead atoms. The van der Waals surface area contributed by atoms with E-state index >= 15 is 0 Å². The van der Waals surface area contributed by atoms with Gasteiger partial charge in [0.2, 0.25) is 0 Å². The maximum atomic E-state index is 5.90. The summed E-state index contributed by atoms with van der Waals surface area (Å²) >= 11 is 11.7. The molecule has 1 nitrogen and oxygen atoms in total. The molecule has 0 atom stereocenters. The lowest BCUT2D eigenvalue weighted by atomic mass is 10.1. The third-order valence-corrected chi connectivity index (χ3v) is 2.99. The summed E-state index contributed by atoms with van der Waals surface area (Å²) in [6.45, 7) is 0. The van der Waals surface area contributed by atoms with E-state index in [1.165, 1.54) is 0 Å². The van der Waals surface area contributed by atoms with Crippen LogP contribution >= 0.6 is 23.2 Å². The number of rotatable bonds is 4. The molecule has 3 heteroatoms. The topological polar surface area (TPSA) is 9.23 Å². The van der Waals surface area contributed by atoms with Gasteiger partial charge in [0.25, 0.3) is 0 Å². The normalized spacial score (nSPS) is 10.2. The minimum absolute atomic E-state index is 0.410. The van der Waals surface area contributed by atoms with Crippen LogP contribution in [0.4, 0.5) is 0 Å². The zero-order valence-corrected chi connectivity index (χ0v) is 10.7. The highest BCUT2D eigenvalue weighted by Gasteiger charge is 2.05. The molecule has 2 aromatic rings. The van der Waals surface area contributed by atoms with Crippen molar-refractivity contribution in [3.05, 3.63) is 59.7 Å². The summed E-state index contributed by atoms with van der Waals surface area (Å²) in [5, 5.41) is 0. The van der Waals surface area contributed by atoms with E-state index in [4.69, 9.17) is 27.9 Å². The Balaban J connectivity index is 2.26. The average Bonchev–Trinajstić information content (AvgIpc) is 2.40. The fraction of sp³-hybridized carbons (Fsp3) is 0.143. The summed E-state index contributed by atoms with van der Waals surface area (Å²) in [5.74, 6) is 2.47. The standard InChI is InChI=1S/C14H12Cl2O/c15-9-11-6-7-14(12(8-11)10-16)17-13-4-2-1-3-5-13/h1-8H,9-10H2. The molecule has 0 unspecified atom stereocenters. The van der Waals surface area contributed by atoms with Gasteiger partial charge in [-0.15, -0.1) is 23.2 Å². The van der Waals surface area contributed by atoms with Crippen LogP contribution in [0, 0.1) is 0 Å². The van der Waals surface area contributed by atoms with Crippen LogP contribution in [0.25, 0.3) is 0 Å². The largest absolute Gasteiger partial charge is 0.457 e. The number of para-hydroxylation sites is 1. The van der Waals surface area contributed by atoms with Gasteiger partial charge in [-0.2, -0.15) is 0 Å². The van der Waals surface area contributed by atoms with E-state index < -0.39 is 0 Å². The summed E-state index contributed by atoms with van der Waals surface area (Å²) in [4.78, 5) is 0. The number of hydrogen-bond acceptors (Lipinski definition) is 1. The summed E-state index contributed by atoms with van der Waals surface area (Å²) in [5.41, 5.74) is 2.00. The monoisotopic (exact) mass is 266 g/mol. The van der Waals surface area contributed by atoms with Gasteiger partial charge in [0.05, 0.1) is 5.88 Å². The molecule has 88 valence electrons.